The first kappa shape index (κ1) is 18.3. The minimum Gasteiger partial charge on any atom is -0.367 e. The Morgan fingerprint density at radius 3 is 2.22 bits per heavy atom. The molecule has 0 fully saturated rings. The van der Waals surface area contributed by atoms with E-state index in [4.69, 9.17) is 23.1 Å². The fourth-order valence-electron chi connectivity index (χ4n) is 2.62. The van der Waals surface area contributed by atoms with Crippen LogP contribution in [0.3, 0.4) is 0 Å². The molecule has 2 aromatic carbocycles. The van der Waals surface area contributed by atoms with Crippen LogP contribution in [-0.4, -0.2) is 28.7 Å². The number of rotatable bonds is 5. The first-order chi connectivity index (χ1) is 12.9. The summed E-state index contributed by atoms with van der Waals surface area (Å²) in [6.45, 7) is 0. The lowest BCUT2D eigenvalue weighted by Crippen LogP contribution is -2.52. The zero-order valence-electron chi connectivity index (χ0n) is 14.0. The first-order valence-corrected chi connectivity index (χ1v) is 8.30. The maximum Gasteiger partial charge on any atom is 0.253 e. The third kappa shape index (κ3) is 3.88. The lowest BCUT2D eigenvalue weighted by atomic mass is 10.0. The lowest BCUT2D eigenvalue weighted by molar-refractivity contribution is -0.128. The predicted octanol–water partition coefficient (Wildman–Crippen LogP) is 1.62. The molecule has 1 aromatic heterocycles. The smallest absolute Gasteiger partial charge is 0.253 e. The highest BCUT2D eigenvalue weighted by molar-refractivity contribution is 6.30. The molecule has 27 heavy (non-hydrogen) atoms. The van der Waals surface area contributed by atoms with Crippen LogP contribution in [0.15, 0.2) is 54.6 Å². The summed E-state index contributed by atoms with van der Waals surface area (Å²) in [6, 6.07) is 13.9. The molecule has 0 unspecified atom stereocenters. The lowest BCUT2D eigenvalue weighted by Gasteiger charge is -2.14. The molecule has 0 atom stereocenters. The summed E-state index contributed by atoms with van der Waals surface area (Å²) < 4.78 is 0. The number of primary amides is 2. The maximum atomic E-state index is 12.7. The van der Waals surface area contributed by atoms with Gasteiger partial charge in [0.25, 0.3) is 5.91 Å². The summed E-state index contributed by atoms with van der Waals surface area (Å²) in [5.41, 5.74) is 12.4. The Bertz CT molecular complexity index is 1040. The Hall–Kier alpha value is -3.45. The van der Waals surface area contributed by atoms with Crippen molar-refractivity contribution < 1.29 is 14.4 Å². The number of amides is 3. The monoisotopic (exact) mass is 382 g/mol. The van der Waals surface area contributed by atoms with E-state index in [1.54, 1.807) is 54.6 Å². The van der Waals surface area contributed by atoms with Crippen LogP contribution in [0.25, 0.3) is 22.2 Å². The molecule has 0 saturated carbocycles. The zero-order valence-corrected chi connectivity index (χ0v) is 14.7. The van der Waals surface area contributed by atoms with E-state index in [0.29, 0.717) is 21.6 Å². The summed E-state index contributed by atoms with van der Waals surface area (Å²) in [7, 11) is 0. The summed E-state index contributed by atoms with van der Waals surface area (Å²) in [4.78, 5) is 40.0. The number of hydrogen-bond acceptors (Lipinski definition) is 4. The molecule has 0 radical (unpaired) electrons. The quantitative estimate of drug-likeness (QED) is 0.579. The van der Waals surface area contributed by atoms with E-state index in [1.165, 1.54) is 0 Å². The second kappa shape index (κ2) is 7.43. The second-order valence-corrected chi connectivity index (χ2v) is 6.23. The van der Waals surface area contributed by atoms with E-state index in [2.05, 4.69) is 10.3 Å². The number of para-hydroxylation sites is 1. The van der Waals surface area contributed by atoms with Crippen LogP contribution in [0.1, 0.15) is 10.4 Å². The van der Waals surface area contributed by atoms with Gasteiger partial charge < -0.3 is 16.8 Å². The summed E-state index contributed by atoms with van der Waals surface area (Å²) in [6.07, 6.45) is 0. The fourth-order valence-corrected chi connectivity index (χ4v) is 2.75. The fraction of sp³-hybridized carbons (Fsp3) is 0.0526. The van der Waals surface area contributed by atoms with Crippen molar-refractivity contribution in [3.8, 4) is 11.3 Å². The topological polar surface area (TPSA) is 128 Å². The molecule has 0 spiro atoms. The van der Waals surface area contributed by atoms with Crippen molar-refractivity contribution in [3.05, 3.63) is 65.2 Å². The highest BCUT2D eigenvalue weighted by Gasteiger charge is 2.25. The Morgan fingerprint density at radius 2 is 1.59 bits per heavy atom. The van der Waals surface area contributed by atoms with Crippen molar-refractivity contribution in [1.82, 2.24) is 10.3 Å². The van der Waals surface area contributed by atoms with E-state index in [-0.39, 0.29) is 5.56 Å². The number of carbonyl (C=O) groups is 3. The Morgan fingerprint density at radius 1 is 0.963 bits per heavy atom. The largest absolute Gasteiger partial charge is 0.367 e. The van der Waals surface area contributed by atoms with Gasteiger partial charge in [0.2, 0.25) is 11.8 Å². The number of aromatic nitrogens is 1. The van der Waals surface area contributed by atoms with Gasteiger partial charge in [-0.15, -0.1) is 0 Å². The van der Waals surface area contributed by atoms with Gasteiger partial charge in [-0.1, -0.05) is 41.9 Å². The number of carbonyl (C=O) groups excluding carboxylic acids is 3. The number of nitrogens with zero attached hydrogens (tertiary/aromatic N) is 1. The van der Waals surface area contributed by atoms with E-state index >= 15 is 0 Å². The van der Waals surface area contributed by atoms with Gasteiger partial charge >= 0.3 is 0 Å². The molecule has 0 bridgehead atoms. The third-order valence-corrected chi connectivity index (χ3v) is 4.20. The zero-order chi connectivity index (χ0) is 19.6. The molecular weight excluding hydrogens is 368 g/mol. The average molecular weight is 383 g/mol. The first-order valence-electron chi connectivity index (χ1n) is 7.92. The van der Waals surface area contributed by atoms with Crippen LogP contribution in [0.4, 0.5) is 0 Å². The van der Waals surface area contributed by atoms with Crippen molar-refractivity contribution in [2.75, 3.05) is 0 Å². The molecule has 5 N–H and O–H groups in total. The number of pyridine rings is 1. The van der Waals surface area contributed by atoms with Gasteiger partial charge in [-0.05, 0) is 24.3 Å². The molecule has 3 aromatic rings. The summed E-state index contributed by atoms with van der Waals surface area (Å²) >= 11 is 5.92. The Balaban J connectivity index is 2.10. The van der Waals surface area contributed by atoms with E-state index < -0.39 is 23.8 Å². The predicted molar refractivity (Wildman–Crippen MR) is 102 cm³/mol. The molecule has 1 heterocycles. The van der Waals surface area contributed by atoms with Gasteiger partial charge in [0.1, 0.15) is 0 Å². The number of nitrogens with one attached hydrogen (secondary N) is 1. The van der Waals surface area contributed by atoms with Crippen LogP contribution in [0.5, 0.6) is 0 Å². The normalized spacial score (nSPS) is 10.7. The third-order valence-electron chi connectivity index (χ3n) is 3.95. The van der Waals surface area contributed by atoms with Gasteiger partial charge in [-0.25, -0.2) is 4.98 Å². The van der Waals surface area contributed by atoms with Crippen LogP contribution in [-0.2, 0) is 9.59 Å². The maximum absolute atomic E-state index is 12.7. The van der Waals surface area contributed by atoms with Crippen molar-refractivity contribution in [3.63, 3.8) is 0 Å². The van der Waals surface area contributed by atoms with Crippen molar-refractivity contribution in [1.29, 1.82) is 0 Å². The van der Waals surface area contributed by atoms with Gasteiger partial charge in [0.05, 0.1) is 16.8 Å². The van der Waals surface area contributed by atoms with Gasteiger partial charge in [0.15, 0.2) is 6.04 Å². The molecule has 3 amide bonds. The number of halogens is 1. The van der Waals surface area contributed by atoms with Crippen molar-refractivity contribution >= 4 is 40.2 Å². The summed E-state index contributed by atoms with van der Waals surface area (Å²) in [5.74, 6) is -2.73. The van der Waals surface area contributed by atoms with Crippen LogP contribution in [0, 0.1) is 0 Å². The molecule has 0 saturated heterocycles. The van der Waals surface area contributed by atoms with Gasteiger partial charge in [-0.3, -0.25) is 14.4 Å². The van der Waals surface area contributed by atoms with Crippen LogP contribution >= 0.6 is 11.6 Å². The van der Waals surface area contributed by atoms with Crippen LogP contribution in [0.2, 0.25) is 5.02 Å². The van der Waals surface area contributed by atoms with Crippen molar-refractivity contribution in [2.24, 2.45) is 11.5 Å². The highest BCUT2D eigenvalue weighted by Crippen LogP contribution is 2.26. The molecule has 3 rings (SSSR count). The molecule has 7 nitrogen and oxygen atoms in total. The minimum atomic E-state index is -1.61. The molecular formula is C19H15ClN4O3. The number of benzene rings is 2. The highest BCUT2D eigenvalue weighted by atomic mass is 35.5. The molecule has 0 aliphatic rings. The molecule has 136 valence electrons. The SMILES string of the molecule is NC(=O)C(NC(=O)c1cc(-c2ccc(Cl)cc2)nc2ccccc12)C(N)=O. The van der Waals surface area contributed by atoms with E-state index in [1.807, 2.05) is 0 Å². The molecule has 0 aliphatic carbocycles. The molecule has 0 aliphatic heterocycles. The van der Waals surface area contributed by atoms with Gasteiger partial charge in [-0.2, -0.15) is 0 Å². The van der Waals surface area contributed by atoms with E-state index in [0.717, 1.165) is 5.56 Å². The summed E-state index contributed by atoms with van der Waals surface area (Å²) in [5, 5.41) is 3.40. The van der Waals surface area contributed by atoms with Crippen LogP contribution < -0.4 is 16.8 Å². The Labute approximate surface area is 159 Å². The second-order valence-electron chi connectivity index (χ2n) is 5.79. The van der Waals surface area contributed by atoms with Gasteiger partial charge in [0, 0.05) is 16.0 Å². The number of hydrogen-bond donors (Lipinski definition) is 3. The average Bonchev–Trinajstić information content (AvgIpc) is 2.65. The van der Waals surface area contributed by atoms with Crippen molar-refractivity contribution in [2.45, 2.75) is 6.04 Å². The number of nitrogens with two attached hydrogens (primary N) is 2. The Kier molecular flexibility index (Phi) is 5.05. The van der Waals surface area contributed by atoms with E-state index in [9.17, 15) is 14.4 Å². The minimum absolute atomic E-state index is 0.234. The molecule has 8 heteroatoms. The number of fused-ring (bicyclic) bond motifs is 1. The standard InChI is InChI=1S/C19H15ClN4O3/c20-11-7-5-10(6-8-11)15-9-13(12-3-1-2-4-14(12)23-15)19(27)24-16(17(21)25)18(22)26/h1-9,16H,(H2,21,25)(H2,22,26)(H,24,27).